The van der Waals surface area contributed by atoms with Crippen molar-refractivity contribution in [1.29, 1.82) is 0 Å². The van der Waals surface area contributed by atoms with Crippen LogP contribution in [0, 0.1) is 6.92 Å². The van der Waals surface area contributed by atoms with Crippen LogP contribution in [0.3, 0.4) is 0 Å². The molecular weight excluding hydrogens is 325 g/mol. The second-order valence-corrected chi connectivity index (χ2v) is 6.97. The number of nitrogens with zero attached hydrogens (tertiary/aromatic N) is 2. The topological polar surface area (TPSA) is 37.8 Å². The molecule has 1 saturated carbocycles. The summed E-state index contributed by atoms with van der Waals surface area (Å²) < 4.78 is 8.97. The molecule has 106 valence electrons. The molecule has 0 radical (unpaired) electrons. The Bertz CT molecular complexity index is 757. The third kappa shape index (κ3) is 2.50. The SMILES string of the molecule is Cc1ccc(C2CC(Nc3cccc4n[se]nc34)C2)cc1. The number of hydrogen-bond donors (Lipinski definition) is 1. The number of nitrogens with one attached hydrogen (secondary N) is 1. The molecule has 0 aliphatic heterocycles. The molecule has 0 atom stereocenters. The van der Waals surface area contributed by atoms with Crippen LogP contribution < -0.4 is 5.32 Å². The van der Waals surface area contributed by atoms with E-state index in [4.69, 9.17) is 0 Å². The molecule has 4 heteroatoms. The van der Waals surface area contributed by atoms with Gasteiger partial charge >= 0.3 is 130 Å². The second kappa shape index (κ2) is 5.28. The van der Waals surface area contributed by atoms with E-state index in [2.05, 4.69) is 62.7 Å². The van der Waals surface area contributed by atoms with E-state index in [9.17, 15) is 0 Å². The predicted molar refractivity (Wildman–Crippen MR) is 87.0 cm³/mol. The number of hydrogen-bond acceptors (Lipinski definition) is 3. The Balaban J connectivity index is 1.44. The van der Waals surface area contributed by atoms with Crippen molar-refractivity contribution in [3.63, 3.8) is 0 Å². The molecule has 1 aromatic heterocycles. The molecule has 21 heavy (non-hydrogen) atoms. The second-order valence-electron chi connectivity index (χ2n) is 5.86. The molecule has 1 aliphatic carbocycles. The van der Waals surface area contributed by atoms with Crippen LogP contribution in [-0.2, 0) is 0 Å². The summed E-state index contributed by atoms with van der Waals surface area (Å²) in [6, 6.07) is 15.8. The number of aryl methyl sites for hydroxylation is 1. The summed E-state index contributed by atoms with van der Waals surface area (Å²) in [7, 11) is 0. The molecule has 1 N–H and O–H groups in total. The van der Waals surface area contributed by atoms with Gasteiger partial charge in [0.15, 0.2) is 0 Å². The van der Waals surface area contributed by atoms with Gasteiger partial charge in [-0.05, 0) is 0 Å². The minimum atomic E-state index is 0.0458. The fourth-order valence-corrected chi connectivity index (χ4v) is 4.14. The Morgan fingerprint density at radius 2 is 1.86 bits per heavy atom. The van der Waals surface area contributed by atoms with Gasteiger partial charge in [0.05, 0.1) is 0 Å². The standard InChI is InChI=1S/C17H17N3Se/c1-11-5-7-12(8-6-11)13-9-14(10-13)18-15-3-2-4-16-17(15)20-21-19-16/h2-8,13-14,18H,9-10H2,1H3. The minimum absolute atomic E-state index is 0.0458. The van der Waals surface area contributed by atoms with Gasteiger partial charge < -0.3 is 0 Å². The van der Waals surface area contributed by atoms with Gasteiger partial charge in [-0.25, -0.2) is 0 Å². The normalized spacial score (nSPS) is 21.2. The van der Waals surface area contributed by atoms with E-state index in [0.717, 1.165) is 16.7 Å². The monoisotopic (exact) mass is 343 g/mol. The summed E-state index contributed by atoms with van der Waals surface area (Å²) in [4.78, 5) is 0. The number of aromatic nitrogens is 2. The first kappa shape index (κ1) is 13.1. The quantitative estimate of drug-likeness (QED) is 0.742. The van der Waals surface area contributed by atoms with Crippen molar-refractivity contribution >= 4 is 31.7 Å². The molecule has 2 aromatic carbocycles. The molecule has 0 spiro atoms. The van der Waals surface area contributed by atoms with Crippen LogP contribution in [0.5, 0.6) is 0 Å². The van der Waals surface area contributed by atoms with Crippen LogP contribution in [0.15, 0.2) is 42.5 Å². The van der Waals surface area contributed by atoms with Crippen molar-refractivity contribution in [2.75, 3.05) is 5.32 Å². The number of fused-ring (bicyclic) bond motifs is 1. The van der Waals surface area contributed by atoms with Gasteiger partial charge in [0.1, 0.15) is 0 Å². The van der Waals surface area contributed by atoms with Crippen LogP contribution in [0.4, 0.5) is 5.69 Å². The Kier molecular flexibility index (Phi) is 3.28. The molecule has 0 saturated heterocycles. The third-order valence-electron chi connectivity index (χ3n) is 4.33. The van der Waals surface area contributed by atoms with Gasteiger partial charge in [0.25, 0.3) is 0 Å². The molecule has 4 rings (SSSR count). The van der Waals surface area contributed by atoms with Gasteiger partial charge in [0, 0.05) is 0 Å². The van der Waals surface area contributed by atoms with Gasteiger partial charge in [-0.3, -0.25) is 0 Å². The summed E-state index contributed by atoms with van der Waals surface area (Å²) in [6.07, 6.45) is 2.41. The first-order valence-corrected chi connectivity index (χ1v) is 8.87. The average Bonchev–Trinajstić information content (AvgIpc) is 2.93. The number of anilines is 1. The molecule has 1 fully saturated rings. The average molecular weight is 342 g/mol. The number of benzene rings is 2. The molecule has 3 aromatic rings. The summed E-state index contributed by atoms with van der Waals surface area (Å²) in [5, 5.41) is 3.65. The molecule has 1 aliphatic rings. The van der Waals surface area contributed by atoms with E-state index < -0.39 is 0 Å². The van der Waals surface area contributed by atoms with Crippen LogP contribution in [0.2, 0.25) is 0 Å². The van der Waals surface area contributed by atoms with Gasteiger partial charge in [-0.15, -0.1) is 0 Å². The van der Waals surface area contributed by atoms with E-state index in [1.165, 1.54) is 24.0 Å². The van der Waals surface area contributed by atoms with E-state index in [0.29, 0.717) is 12.0 Å². The fourth-order valence-electron chi connectivity index (χ4n) is 2.99. The van der Waals surface area contributed by atoms with Crippen molar-refractivity contribution < 1.29 is 0 Å². The van der Waals surface area contributed by atoms with Crippen LogP contribution in [0.1, 0.15) is 29.9 Å². The maximum absolute atomic E-state index is 4.53. The van der Waals surface area contributed by atoms with Crippen LogP contribution in [0.25, 0.3) is 11.0 Å². The first-order valence-electron chi connectivity index (χ1n) is 7.34. The Morgan fingerprint density at radius 1 is 1.05 bits per heavy atom. The maximum atomic E-state index is 4.53. The van der Waals surface area contributed by atoms with Crippen molar-refractivity contribution in [3.05, 3.63) is 53.6 Å². The van der Waals surface area contributed by atoms with Crippen molar-refractivity contribution in [2.45, 2.75) is 31.7 Å². The van der Waals surface area contributed by atoms with Crippen molar-refractivity contribution in [3.8, 4) is 0 Å². The molecule has 3 nitrogen and oxygen atoms in total. The zero-order chi connectivity index (χ0) is 14.2. The molecule has 0 unspecified atom stereocenters. The molecule has 0 bridgehead atoms. The predicted octanol–water partition coefficient (Wildman–Crippen LogP) is 3.35. The summed E-state index contributed by atoms with van der Waals surface area (Å²) in [5.74, 6) is 0.700. The number of rotatable bonds is 3. The van der Waals surface area contributed by atoms with E-state index in [-0.39, 0.29) is 15.0 Å². The van der Waals surface area contributed by atoms with Gasteiger partial charge in [-0.1, -0.05) is 0 Å². The van der Waals surface area contributed by atoms with Crippen LogP contribution in [-0.4, -0.2) is 29.0 Å². The molecular formula is C17H17N3Se. The van der Waals surface area contributed by atoms with Crippen molar-refractivity contribution in [1.82, 2.24) is 7.96 Å². The van der Waals surface area contributed by atoms with E-state index >= 15 is 0 Å². The zero-order valence-electron chi connectivity index (χ0n) is 11.9. The molecule has 1 heterocycles. The Morgan fingerprint density at radius 3 is 2.67 bits per heavy atom. The summed E-state index contributed by atoms with van der Waals surface area (Å²) in [5.41, 5.74) is 6.08. The Labute approximate surface area is 130 Å². The summed E-state index contributed by atoms with van der Waals surface area (Å²) in [6.45, 7) is 2.14. The van der Waals surface area contributed by atoms with E-state index in [1.807, 2.05) is 0 Å². The Hall–Kier alpha value is -1.64. The third-order valence-corrected chi connectivity index (χ3v) is 5.47. The van der Waals surface area contributed by atoms with E-state index in [1.54, 1.807) is 0 Å². The van der Waals surface area contributed by atoms with Crippen LogP contribution >= 0.6 is 0 Å². The first-order chi connectivity index (χ1) is 10.3. The fraction of sp³-hybridized carbons (Fsp3) is 0.294. The van der Waals surface area contributed by atoms with Gasteiger partial charge in [0.2, 0.25) is 0 Å². The van der Waals surface area contributed by atoms with Crippen molar-refractivity contribution in [2.24, 2.45) is 0 Å². The van der Waals surface area contributed by atoms with Gasteiger partial charge in [-0.2, -0.15) is 0 Å². The summed E-state index contributed by atoms with van der Waals surface area (Å²) >= 11 is 0.0458. The zero-order valence-corrected chi connectivity index (χ0v) is 13.6. The molecule has 0 amide bonds.